The number of rotatable bonds is 6. The van der Waals surface area contributed by atoms with Gasteiger partial charge >= 0.3 is 0 Å². The molecule has 0 amide bonds. The lowest BCUT2D eigenvalue weighted by Gasteiger charge is -2.27. The number of hydrogen-bond donors (Lipinski definition) is 2. The van der Waals surface area contributed by atoms with Crippen LogP contribution in [0.3, 0.4) is 0 Å². The lowest BCUT2D eigenvalue weighted by Crippen LogP contribution is -2.45. The van der Waals surface area contributed by atoms with Crippen molar-refractivity contribution in [3.63, 3.8) is 0 Å². The summed E-state index contributed by atoms with van der Waals surface area (Å²) < 4.78 is 0. The molecular formula is C12H17Cl2N3O2. The molecule has 5 nitrogen and oxygen atoms in total. The highest BCUT2D eigenvalue weighted by Crippen LogP contribution is 2.35. The SMILES string of the molecule is CCC(N)(CC)CNc1c(Cl)cc([N+](=O)[O-])cc1Cl. The Morgan fingerprint density at radius 2 is 1.79 bits per heavy atom. The fourth-order valence-electron chi connectivity index (χ4n) is 1.60. The number of hydrogen-bond acceptors (Lipinski definition) is 4. The molecule has 1 aromatic carbocycles. The van der Waals surface area contributed by atoms with E-state index in [1.807, 2.05) is 13.8 Å². The van der Waals surface area contributed by atoms with Crippen molar-refractivity contribution in [3.05, 3.63) is 32.3 Å². The largest absolute Gasteiger partial charge is 0.381 e. The Bertz CT molecular complexity index is 453. The van der Waals surface area contributed by atoms with Gasteiger partial charge in [-0.1, -0.05) is 37.0 Å². The summed E-state index contributed by atoms with van der Waals surface area (Å²) in [5.74, 6) is 0. The summed E-state index contributed by atoms with van der Waals surface area (Å²) in [6.45, 7) is 4.51. The fraction of sp³-hybridized carbons (Fsp3) is 0.500. The quantitative estimate of drug-likeness (QED) is 0.618. The molecule has 106 valence electrons. The van der Waals surface area contributed by atoms with E-state index in [2.05, 4.69) is 5.32 Å². The maximum Gasteiger partial charge on any atom is 0.272 e. The van der Waals surface area contributed by atoms with Crippen LogP contribution in [-0.4, -0.2) is 17.0 Å². The summed E-state index contributed by atoms with van der Waals surface area (Å²) >= 11 is 12.0. The van der Waals surface area contributed by atoms with Crippen LogP contribution in [-0.2, 0) is 0 Å². The third kappa shape index (κ3) is 3.96. The molecule has 0 radical (unpaired) electrons. The zero-order valence-electron chi connectivity index (χ0n) is 10.9. The molecule has 3 N–H and O–H groups in total. The van der Waals surface area contributed by atoms with Crippen molar-refractivity contribution >= 4 is 34.6 Å². The maximum absolute atomic E-state index is 10.7. The fourth-order valence-corrected chi connectivity index (χ4v) is 2.21. The van der Waals surface area contributed by atoms with Gasteiger partial charge in [-0.25, -0.2) is 0 Å². The first-order chi connectivity index (χ1) is 8.83. The smallest absolute Gasteiger partial charge is 0.272 e. The second kappa shape index (κ2) is 6.41. The van der Waals surface area contributed by atoms with E-state index >= 15 is 0 Å². The van der Waals surface area contributed by atoms with E-state index in [0.717, 1.165) is 12.8 Å². The van der Waals surface area contributed by atoms with Gasteiger partial charge in [-0.3, -0.25) is 10.1 Å². The van der Waals surface area contributed by atoms with Crippen molar-refractivity contribution in [3.8, 4) is 0 Å². The molecule has 0 heterocycles. The van der Waals surface area contributed by atoms with Gasteiger partial charge in [-0.15, -0.1) is 0 Å². The summed E-state index contributed by atoms with van der Waals surface area (Å²) in [7, 11) is 0. The molecule has 0 bridgehead atoms. The molecule has 19 heavy (non-hydrogen) atoms. The van der Waals surface area contributed by atoms with Crippen molar-refractivity contribution in [2.75, 3.05) is 11.9 Å². The Kier molecular flexibility index (Phi) is 5.40. The molecule has 0 fully saturated rings. The van der Waals surface area contributed by atoms with Gasteiger partial charge in [0.2, 0.25) is 0 Å². The highest BCUT2D eigenvalue weighted by atomic mass is 35.5. The van der Waals surface area contributed by atoms with E-state index in [1.54, 1.807) is 0 Å². The van der Waals surface area contributed by atoms with Gasteiger partial charge in [0.1, 0.15) is 0 Å². The number of nitro benzene ring substituents is 1. The van der Waals surface area contributed by atoms with Crippen LogP contribution in [0.4, 0.5) is 11.4 Å². The van der Waals surface area contributed by atoms with Crippen LogP contribution >= 0.6 is 23.2 Å². The van der Waals surface area contributed by atoms with Crippen LogP contribution in [0.25, 0.3) is 0 Å². The highest BCUT2D eigenvalue weighted by Gasteiger charge is 2.21. The number of nitrogens with two attached hydrogens (primary N) is 1. The van der Waals surface area contributed by atoms with Gasteiger partial charge in [0.05, 0.1) is 20.7 Å². The summed E-state index contributed by atoms with van der Waals surface area (Å²) in [6, 6.07) is 2.54. The minimum absolute atomic E-state index is 0.134. The lowest BCUT2D eigenvalue weighted by molar-refractivity contribution is -0.384. The van der Waals surface area contributed by atoms with Crippen LogP contribution in [0.15, 0.2) is 12.1 Å². The molecule has 1 rings (SSSR count). The first-order valence-corrected chi connectivity index (χ1v) is 6.74. The number of nitrogens with one attached hydrogen (secondary N) is 1. The van der Waals surface area contributed by atoms with Gasteiger partial charge in [0.25, 0.3) is 5.69 Å². The van der Waals surface area contributed by atoms with Crippen LogP contribution in [0.1, 0.15) is 26.7 Å². The number of non-ortho nitro benzene ring substituents is 1. The van der Waals surface area contributed by atoms with Gasteiger partial charge in [0, 0.05) is 24.2 Å². The molecule has 0 saturated heterocycles. The van der Waals surface area contributed by atoms with Crippen LogP contribution in [0.5, 0.6) is 0 Å². The minimum Gasteiger partial charge on any atom is -0.381 e. The molecule has 0 aliphatic rings. The molecule has 0 saturated carbocycles. The van der Waals surface area contributed by atoms with Crippen molar-refractivity contribution < 1.29 is 4.92 Å². The van der Waals surface area contributed by atoms with E-state index in [0.29, 0.717) is 12.2 Å². The van der Waals surface area contributed by atoms with Crippen LogP contribution < -0.4 is 11.1 Å². The molecule has 0 spiro atoms. The highest BCUT2D eigenvalue weighted by molar-refractivity contribution is 6.39. The molecule has 0 aliphatic carbocycles. The minimum atomic E-state index is -0.535. The van der Waals surface area contributed by atoms with E-state index in [-0.39, 0.29) is 21.3 Å². The predicted molar refractivity (Wildman–Crippen MR) is 79.1 cm³/mol. The average Bonchev–Trinajstić information content (AvgIpc) is 2.37. The molecular weight excluding hydrogens is 289 g/mol. The Morgan fingerprint density at radius 3 is 2.16 bits per heavy atom. The number of benzene rings is 1. The third-order valence-corrected chi connectivity index (χ3v) is 3.86. The number of anilines is 1. The first-order valence-electron chi connectivity index (χ1n) is 5.99. The molecule has 0 aliphatic heterocycles. The van der Waals surface area contributed by atoms with Crippen LogP contribution in [0, 0.1) is 10.1 Å². The summed E-state index contributed by atoms with van der Waals surface area (Å²) in [5, 5.41) is 14.2. The first kappa shape index (κ1) is 16.0. The Labute approximate surface area is 122 Å². The molecule has 0 unspecified atom stereocenters. The van der Waals surface area contributed by atoms with Gasteiger partial charge in [0.15, 0.2) is 0 Å². The average molecular weight is 306 g/mol. The van der Waals surface area contributed by atoms with Gasteiger partial charge in [-0.2, -0.15) is 0 Å². The van der Waals surface area contributed by atoms with Crippen molar-refractivity contribution in [2.24, 2.45) is 5.73 Å². The molecule has 1 aromatic rings. The summed E-state index contributed by atoms with van der Waals surface area (Å²) in [6.07, 6.45) is 1.61. The maximum atomic E-state index is 10.7. The number of nitrogens with zero attached hydrogens (tertiary/aromatic N) is 1. The zero-order chi connectivity index (χ0) is 14.6. The van der Waals surface area contributed by atoms with Gasteiger partial charge in [-0.05, 0) is 12.8 Å². The molecule has 0 atom stereocenters. The van der Waals surface area contributed by atoms with Crippen LogP contribution in [0.2, 0.25) is 10.0 Å². The zero-order valence-corrected chi connectivity index (χ0v) is 12.4. The normalized spacial score (nSPS) is 11.4. The molecule has 7 heteroatoms. The molecule has 0 aromatic heterocycles. The Hall–Kier alpha value is -1.04. The lowest BCUT2D eigenvalue weighted by atomic mass is 9.94. The predicted octanol–water partition coefficient (Wildman–Crippen LogP) is 3.83. The second-order valence-corrected chi connectivity index (χ2v) is 5.28. The Morgan fingerprint density at radius 1 is 1.32 bits per heavy atom. The van der Waals surface area contributed by atoms with E-state index in [9.17, 15) is 10.1 Å². The van der Waals surface area contributed by atoms with E-state index in [1.165, 1.54) is 12.1 Å². The summed E-state index contributed by atoms with van der Waals surface area (Å²) in [5.41, 5.74) is 6.16. The van der Waals surface area contributed by atoms with Gasteiger partial charge < -0.3 is 11.1 Å². The van der Waals surface area contributed by atoms with Crippen molar-refractivity contribution in [1.29, 1.82) is 0 Å². The van der Waals surface area contributed by atoms with E-state index in [4.69, 9.17) is 28.9 Å². The summed E-state index contributed by atoms with van der Waals surface area (Å²) in [4.78, 5) is 10.1. The Balaban J connectivity index is 2.94. The standard InChI is InChI=1S/C12H17Cl2N3O2/c1-3-12(15,4-2)7-16-11-9(13)5-8(17(18)19)6-10(11)14/h5-6,16H,3-4,7,15H2,1-2H3. The monoisotopic (exact) mass is 305 g/mol. The number of halogens is 2. The van der Waals surface area contributed by atoms with E-state index < -0.39 is 4.92 Å². The van der Waals surface area contributed by atoms with Crippen molar-refractivity contribution in [1.82, 2.24) is 0 Å². The topological polar surface area (TPSA) is 81.2 Å². The second-order valence-electron chi connectivity index (χ2n) is 4.46. The van der Waals surface area contributed by atoms with Crippen molar-refractivity contribution in [2.45, 2.75) is 32.2 Å². The number of nitro groups is 1. The third-order valence-electron chi connectivity index (χ3n) is 3.26.